The molecular weight excluding hydrogens is 316 g/mol. The molecule has 6 heteroatoms. The van der Waals surface area contributed by atoms with Gasteiger partial charge >= 0.3 is 6.03 Å². The number of hydrogen-bond acceptors (Lipinski definition) is 4. The number of methoxy groups -OCH3 is 1. The van der Waals surface area contributed by atoms with E-state index in [2.05, 4.69) is 21.3 Å². The van der Waals surface area contributed by atoms with Crippen LogP contribution in [0.4, 0.5) is 4.79 Å². The average molecular weight is 346 g/mol. The van der Waals surface area contributed by atoms with Crippen LogP contribution in [0.15, 0.2) is 24.4 Å². The Morgan fingerprint density at radius 3 is 2.84 bits per heavy atom. The lowest BCUT2D eigenvalue weighted by Gasteiger charge is -2.32. The number of nitrogens with one attached hydrogen (secondary N) is 1. The molecule has 138 valence electrons. The molecule has 0 bridgehead atoms. The van der Waals surface area contributed by atoms with Crippen molar-refractivity contribution in [1.29, 1.82) is 0 Å². The van der Waals surface area contributed by atoms with E-state index in [-0.39, 0.29) is 6.03 Å². The molecule has 3 rings (SSSR count). The third-order valence-electron chi connectivity index (χ3n) is 5.46. The number of ether oxygens (including phenoxy) is 1. The van der Waals surface area contributed by atoms with Gasteiger partial charge in [-0.3, -0.25) is 9.88 Å². The maximum atomic E-state index is 12.5. The van der Waals surface area contributed by atoms with E-state index >= 15 is 0 Å². The van der Waals surface area contributed by atoms with Crippen LogP contribution in [0.2, 0.25) is 0 Å². The van der Waals surface area contributed by atoms with E-state index < -0.39 is 0 Å². The third kappa shape index (κ3) is 4.92. The maximum Gasteiger partial charge on any atom is 0.317 e. The summed E-state index contributed by atoms with van der Waals surface area (Å²) in [6.45, 7) is 5.18. The largest absolute Gasteiger partial charge is 0.383 e. The van der Waals surface area contributed by atoms with Gasteiger partial charge in [0.1, 0.15) is 0 Å². The van der Waals surface area contributed by atoms with Gasteiger partial charge in [0.15, 0.2) is 0 Å². The quantitative estimate of drug-likeness (QED) is 0.857. The summed E-state index contributed by atoms with van der Waals surface area (Å²) in [4.78, 5) is 21.3. The summed E-state index contributed by atoms with van der Waals surface area (Å²) < 4.78 is 5.18. The second-order valence-electron chi connectivity index (χ2n) is 7.03. The van der Waals surface area contributed by atoms with Gasteiger partial charge in [0.05, 0.1) is 6.61 Å². The standard InChI is InChI=1S/C19H30N4O2/c1-25-14-13-22-10-4-5-17(22)15-21-19(24)23-11-7-16(8-12-23)18-6-2-3-9-20-18/h2-3,6,9,16-17H,4-5,7-8,10-15H2,1H3,(H,21,24). The molecule has 0 aliphatic carbocycles. The molecule has 2 aliphatic heterocycles. The summed E-state index contributed by atoms with van der Waals surface area (Å²) >= 11 is 0. The summed E-state index contributed by atoms with van der Waals surface area (Å²) in [6, 6.07) is 6.61. The molecule has 2 amide bonds. The average Bonchev–Trinajstić information content (AvgIpc) is 3.12. The molecule has 0 saturated carbocycles. The van der Waals surface area contributed by atoms with Gasteiger partial charge in [0.2, 0.25) is 0 Å². The summed E-state index contributed by atoms with van der Waals surface area (Å²) in [7, 11) is 1.74. The third-order valence-corrected chi connectivity index (χ3v) is 5.46. The van der Waals surface area contributed by atoms with Gasteiger partial charge in [-0.1, -0.05) is 6.07 Å². The van der Waals surface area contributed by atoms with Crippen LogP contribution < -0.4 is 5.32 Å². The van der Waals surface area contributed by atoms with Crippen LogP contribution in [0.5, 0.6) is 0 Å². The zero-order chi connectivity index (χ0) is 17.5. The minimum Gasteiger partial charge on any atom is -0.383 e. The number of piperidine rings is 1. The number of carbonyl (C=O) groups excluding carboxylic acids is 1. The van der Waals surface area contributed by atoms with Gasteiger partial charge in [0.25, 0.3) is 0 Å². The molecule has 25 heavy (non-hydrogen) atoms. The zero-order valence-corrected chi connectivity index (χ0v) is 15.2. The van der Waals surface area contributed by atoms with Crippen LogP contribution in [-0.2, 0) is 4.74 Å². The topological polar surface area (TPSA) is 57.7 Å². The Kier molecular flexibility index (Phi) is 6.64. The molecule has 1 unspecified atom stereocenters. The molecule has 1 N–H and O–H groups in total. The molecule has 0 radical (unpaired) electrons. The fraction of sp³-hybridized carbons (Fsp3) is 0.684. The number of urea groups is 1. The fourth-order valence-corrected chi connectivity index (χ4v) is 3.94. The van der Waals surface area contributed by atoms with Crippen LogP contribution in [-0.4, -0.2) is 73.3 Å². The number of amides is 2. The summed E-state index contributed by atoms with van der Waals surface area (Å²) in [5.74, 6) is 0.476. The molecule has 1 aromatic heterocycles. The molecule has 6 nitrogen and oxygen atoms in total. The molecule has 0 spiro atoms. The normalized spacial score (nSPS) is 22.3. The number of carbonyl (C=O) groups is 1. The first kappa shape index (κ1) is 18.1. The highest BCUT2D eigenvalue weighted by Gasteiger charge is 2.27. The minimum absolute atomic E-state index is 0.0815. The van der Waals surface area contributed by atoms with E-state index in [1.807, 2.05) is 23.2 Å². The Morgan fingerprint density at radius 1 is 1.28 bits per heavy atom. The van der Waals surface area contributed by atoms with Crippen LogP contribution in [0, 0.1) is 0 Å². The number of nitrogens with zero attached hydrogens (tertiary/aromatic N) is 3. The van der Waals surface area contributed by atoms with E-state index in [0.717, 1.165) is 64.3 Å². The monoisotopic (exact) mass is 346 g/mol. The molecule has 1 aromatic rings. The lowest BCUT2D eigenvalue weighted by Crippen LogP contribution is -2.48. The number of likely N-dealkylation sites (tertiary alicyclic amines) is 2. The van der Waals surface area contributed by atoms with Crippen LogP contribution in [0.25, 0.3) is 0 Å². The molecule has 2 aliphatic rings. The van der Waals surface area contributed by atoms with Gasteiger partial charge in [-0.2, -0.15) is 0 Å². The number of aromatic nitrogens is 1. The first-order chi connectivity index (χ1) is 12.3. The molecule has 1 atom stereocenters. The van der Waals surface area contributed by atoms with Crippen molar-refractivity contribution >= 4 is 6.03 Å². The van der Waals surface area contributed by atoms with E-state index in [1.54, 1.807) is 7.11 Å². The summed E-state index contributed by atoms with van der Waals surface area (Å²) in [6.07, 6.45) is 6.21. The molecule has 3 heterocycles. The Balaban J connectivity index is 1.41. The lowest BCUT2D eigenvalue weighted by atomic mass is 9.93. The second-order valence-corrected chi connectivity index (χ2v) is 7.03. The maximum absolute atomic E-state index is 12.5. The highest BCUT2D eigenvalue weighted by molar-refractivity contribution is 5.74. The van der Waals surface area contributed by atoms with Crippen molar-refractivity contribution in [3.8, 4) is 0 Å². The fourth-order valence-electron chi connectivity index (χ4n) is 3.94. The van der Waals surface area contributed by atoms with Crippen molar-refractivity contribution in [2.75, 3.05) is 46.4 Å². The van der Waals surface area contributed by atoms with Gasteiger partial charge in [-0.05, 0) is 44.4 Å². The Labute approximate surface area is 150 Å². The molecule has 0 aromatic carbocycles. The summed E-state index contributed by atoms with van der Waals surface area (Å²) in [5, 5.41) is 3.14. The van der Waals surface area contributed by atoms with Crippen molar-refractivity contribution in [2.45, 2.75) is 37.6 Å². The van der Waals surface area contributed by atoms with Crippen molar-refractivity contribution < 1.29 is 9.53 Å². The van der Waals surface area contributed by atoms with Gasteiger partial charge in [-0.25, -0.2) is 4.79 Å². The van der Waals surface area contributed by atoms with Crippen molar-refractivity contribution in [2.24, 2.45) is 0 Å². The number of hydrogen-bond donors (Lipinski definition) is 1. The zero-order valence-electron chi connectivity index (χ0n) is 15.2. The minimum atomic E-state index is 0.0815. The first-order valence-corrected chi connectivity index (χ1v) is 9.44. The van der Waals surface area contributed by atoms with Crippen molar-refractivity contribution in [3.63, 3.8) is 0 Å². The van der Waals surface area contributed by atoms with Crippen LogP contribution >= 0.6 is 0 Å². The molecule has 2 saturated heterocycles. The first-order valence-electron chi connectivity index (χ1n) is 9.44. The Bertz CT molecular complexity index is 531. The van der Waals surface area contributed by atoms with Crippen molar-refractivity contribution in [1.82, 2.24) is 20.1 Å². The van der Waals surface area contributed by atoms with Crippen LogP contribution in [0.1, 0.15) is 37.3 Å². The predicted molar refractivity (Wildman–Crippen MR) is 97.7 cm³/mol. The highest BCUT2D eigenvalue weighted by Crippen LogP contribution is 2.26. The van der Waals surface area contributed by atoms with E-state index in [4.69, 9.17) is 4.74 Å². The number of rotatable bonds is 6. The van der Waals surface area contributed by atoms with Gasteiger partial charge in [0, 0.05) is 57.1 Å². The number of pyridine rings is 1. The van der Waals surface area contributed by atoms with Crippen molar-refractivity contribution in [3.05, 3.63) is 30.1 Å². The van der Waals surface area contributed by atoms with E-state index in [1.165, 1.54) is 6.42 Å². The second kappa shape index (κ2) is 9.15. The SMILES string of the molecule is COCCN1CCCC1CNC(=O)N1CCC(c2ccccn2)CC1. The smallest absolute Gasteiger partial charge is 0.317 e. The molecular formula is C19H30N4O2. The lowest BCUT2D eigenvalue weighted by molar-refractivity contribution is 0.138. The van der Waals surface area contributed by atoms with Crippen LogP contribution in [0.3, 0.4) is 0 Å². The van der Waals surface area contributed by atoms with Gasteiger partial charge in [-0.15, -0.1) is 0 Å². The molecule has 2 fully saturated rings. The summed E-state index contributed by atoms with van der Waals surface area (Å²) in [5.41, 5.74) is 1.15. The van der Waals surface area contributed by atoms with E-state index in [0.29, 0.717) is 12.0 Å². The van der Waals surface area contributed by atoms with E-state index in [9.17, 15) is 4.79 Å². The predicted octanol–water partition coefficient (Wildman–Crippen LogP) is 2.08. The van der Waals surface area contributed by atoms with Gasteiger partial charge < -0.3 is 15.0 Å². The Morgan fingerprint density at radius 2 is 2.12 bits per heavy atom. The Hall–Kier alpha value is -1.66. The highest BCUT2D eigenvalue weighted by atomic mass is 16.5.